The number of piperidine rings is 1. The van der Waals surface area contributed by atoms with Crippen molar-refractivity contribution in [2.24, 2.45) is 0 Å². The summed E-state index contributed by atoms with van der Waals surface area (Å²) >= 11 is 1.61. The maximum atomic E-state index is 11.7. The van der Waals surface area contributed by atoms with Crippen LogP contribution in [0.15, 0.2) is 18.5 Å². The first kappa shape index (κ1) is 12.1. The number of amides is 1. The Kier molecular flexibility index (Phi) is 3.47. The molecule has 1 saturated heterocycles. The van der Waals surface area contributed by atoms with E-state index in [2.05, 4.69) is 36.0 Å². The van der Waals surface area contributed by atoms with Gasteiger partial charge < -0.3 is 10.6 Å². The Morgan fingerprint density at radius 3 is 3.00 bits per heavy atom. The molecule has 2 heterocycles. The average molecular weight is 251 g/mol. The first-order valence-corrected chi connectivity index (χ1v) is 6.59. The highest BCUT2D eigenvalue weighted by Gasteiger charge is 2.24. The van der Waals surface area contributed by atoms with Crippen molar-refractivity contribution < 1.29 is 4.79 Å². The second-order valence-electron chi connectivity index (χ2n) is 4.55. The molecule has 0 aliphatic carbocycles. The molecule has 17 heavy (non-hydrogen) atoms. The van der Waals surface area contributed by atoms with Gasteiger partial charge >= 0.3 is 0 Å². The SMILES string of the molecule is C=C1CCC(Nc2cnc(C(C)C)s2)C(=O)N1. The Morgan fingerprint density at radius 2 is 2.41 bits per heavy atom. The summed E-state index contributed by atoms with van der Waals surface area (Å²) in [5.74, 6) is 0.427. The minimum atomic E-state index is -0.166. The van der Waals surface area contributed by atoms with E-state index in [1.165, 1.54) is 0 Å². The highest BCUT2D eigenvalue weighted by molar-refractivity contribution is 7.15. The van der Waals surface area contributed by atoms with Crippen LogP contribution in [-0.2, 0) is 4.79 Å². The normalized spacial score (nSPS) is 20.5. The van der Waals surface area contributed by atoms with Gasteiger partial charge in [-0.3, -0.25) is 4.79 Å². The number of thiazole rings is 1. The van der Waals surface area contributed by atoms with E-state index in [-0.39, 0.29) is 11.9 Å². The zero-order chi connectivity index (χ0) is 12.4. The fourth-order valence-corrected chi connectivity index (χ4v) is 2.58. The average Bonchev–Trinajstić information content (AvgIpc) is 2.71. The van der Waals surface area contributed by atoms with Gasteiger partial charge in [0.2, 0.25) is 5.91 Å². The van der Waals surface area contributed by atoms with Crippen LogP contribution < -0.4 is 10.6 Å². The van der Waals surface area contributed by atoms with Gasteiger partial charge in [-0.2, -0.15) is 0 Å². The lowest BCUT2D eigenvalue weighted by Gasteiger charge is -2.24. The molecular formula is C12H17N3OS. The van der Waals surface area contributed by atoms with Crippen LogP contribution in [0.1, 0.15) is 37.6 Å². The number of allylic oxidation sites excluding steroid dienone is 1. The molecule has 0 aromatic carbocycles. The van der Waals surface area contributed by atoms with E-state index in [0.29, 0.717) is 5.92 Å². The summed E-state index contributed by atoms with van der Waals surface area (Å²) in [6, 6.07) is -0.166. The van der Waals surface area contributed by atoms with Crippen molar-refractivity contribution in [1.29, 1.82) is 0 Å². The molecule has 1 amide bonds. The molecular weight excluding hydrogens is 234 g/mol. The van der Waals surface area contributed by atoms with E-state index in [4.69, 9.17) is 0 Å². The quantitative estimate of drug-likeness (QED) is 0.867. The van der Waals surface area contributed by atoms with Crippen LogP contribution in [0.2, 0.25) is 0 Å². The van der Waals surface area contributed by atoms with Crippen LogP contribution in [0.4, 0.5) is 5.00 Å². The first-order chi connectivity index (χ1) is 8.06. The molecule has 0 saturated carbocycles. The van der Waals surface area contributed by atoms with Gasteiger partial charge in [-0.1, -0.05) is 20.4 Å². The zero-order valence-corrected chi connectivity index (χ0v) is 10.9. The first-order valence-electron chi connectivity index (χ1n) is 5.77. The van der Waals surface area contributed by atoms with Crippen molar-refractivity contribution in [3.8, 4) is 0 Å². The highest BCUT2D eigenvalue weighted by atomic mass is 32.1. The van der Waals surface area contributed by atoms with Crippen molar-refractivity contribution in [3.63, 3.8) is 0 Å². The van der Waals surface area contributed by atoms with Crippen molar-refractivity contribution in [2.45, 2.75) is 38.6 Å². The van der Waals surface area contributed by atoms with E-state index in [0.717, 1.165) is 28.5 Å². The van der Waals surface area contributed by atoms with Gasteiger partial charge in [-0.05, 0) is 12.8 Å². The third-order valence-electron chi connectivity index (χ3n) is 2.69. The number of aromatic nitrogens is 1. The Balaban J connectivity index is 2.00. The van der Waals surface area contributed by atoms with Crippen LogP contribution >= 0.6 is 11.3 Å². The Labute approximate surface area is 105 Å². The third kappa shape index (κ3) is 2.85. The van der Waals surface area contributed by atoms with Crippen LogP contribution in [-0.4, -0.2) is 16.9 Å². The predicted octanol–water partition coefficient (Wildman–Crippen LogP) is 2.47. The number of rotatable bonds is 3. The molecule has 0 radical (unpaired) electrons. The van der Waals surface area contributed by atoms with Gasteiger partial charge in [0.05, 0.1) is 11.2 Å². The van der Waals surface area contributed by atoms with E-state index < -0.39 is 0 Å². The van der Waals surface area contributed by atoms with E-state index in [1.54, 1.807) is 17.5 Å². The Bertz CT molecular complexity index is 439. The van der Waals surface area contributed by atoms with Crippen molar-refractivity contribution >= 4 is 22.2 Å². The van der Waals surface area contributed by atoms with Gasteiger partial charge in [-0.25, -0.2) is 4.98 Å². The van der Waals surface area contributed by atoms with Crippen LogP contribution in [0.5, 0.6) is 0 Å². The number of nitrogens with zero attached hydrogens (tertiary/aromatic N) is 1. The Morgan fingerprint density at radius 1 is 1.65 bits per heavy atom. The molecule has 5 heteroatoms. The van der Waals surface area contributed by atoms with Gasteiger partial charge in [-0.15, -0.1) is 11.3 Å². The molecule has 1 aliphatic heterocycles. The maximum absolute atomic E-state index is 11.7. The number of carbonyl (C=O) groups excluding carboxylic acids is 1. The van der Waals surface area contributed by atoms with Gasteiger partial charge in [0, 0.05) is 11.6 Å². The minimum Gasteiger partial charge on any atom is -0.364 e. The smallest absolute Gasteiger partial charge is 0.246 e. The standard InChI is InChI=1S/C12H17N3OS/c1-7(2)12-13-6-10(17-12)15-9-5-4-8(3)14-11(9)16/h6-7,9,15H,3-5H2,1-2H3,(H,14,16). The molecule has 1 aliphatic rings. The van der Waals surface area contributed by atoms with E-state index >= 15 is 0 Å². The molecule has 4 nitrogen and oxygen atoms in total. The lowest BCUT2D eigenvalue weighted by Crippen LogP contribution is -2.42. The minimum absolute atomic E-state index is 0.000692. The fourth-order valence-electron chi connectivity index (χ4n) is 1.70. The molecule has 0 bridgehead atoms. The van der Waals surface area contributed by atoms with Crippen molar-refractivity contribution in [3.05, 3.63) is 23.5 Å². The fraction of sp³-hybridized carbons (Fsp3) is 0.500. The molecule has 1 aromatic heterocycles. The molecule has 1 unspecified atom stereocenters. The van der Waals surface area contributed by atoms with E-state index in [1.807, 2.05) is 0 Å². The second kappa shape index (κ2) is 4.87. The molecule has 1 atom stereocenters. The largest absolute Gasteiger partial charge is 0.364 e. The monoisotopic (exact) mass is 251 g/mol. The summed E-state index contributed by atoms with van der Waals surface area (Å²) in [7, 11) is 0. The number of nitrogens with one attached hydrogen (secondary N) is 2. The summed E-state index contributed by atoms with van der Waals surface area (Å²) in [4.78, 5) is 16.0. The third-order valence-corrected chi connectivity index (χ3v) is 3.91. The topological polar surface area (TPSA) is 54.0 Å². The number of carbonyl (C=O) groups is 1. The van der Waals surface area contributed by atoms with Crippen LogP contribution in [0.25, 0.3) is 0 Å². The van der Waals surface area contributed by atoms with Crippen molar-refractivity contribution in [2.75, 3.05) is 5.32 Å². The summed E-state index contributed by atoms with van der Waals surface area (Å²) in [5, 5.41) is 8.05. The molecule has 1 fully saturated rings. The second-order valence-corrected chi connectivity index (χ2v) is 5.61. The van der Waals surface area contributed by atoms with Gasteiger partial charge in [0.25, 0.3) is 0 Å². The van der Waals surface area contributed by atoms with Crippen LogP contribution in [0, 0.1) is 0 Å². The predicted molar refractivity (Wildman–Crippen MR) is 70.1 cm³/mol. The number of hydrogen-bond donors (Lipinski definition) is 2. The lowest BCUT2D eigenvalue weighted by atomic mass is 10.1. The Hall–Kier alpha value is -1.36. The van der Waals surface area contributed by atoms with Gasteiger partial charge in [0.15, 0.2) is 0 Å². The number of anilines is 1. The molecule has 2 rings (SSSR count). The van der Waals surface area contributed by atoms with E-state index in [9.17, 15) is 4.79 Å². The number of hydrogen-bond acceptors (Lipinski definition) is 4. The lowest BCUT2D eigenvalue weighted by molar-refractivity contribution is -0.122. The summed E-state index contributed by atoms with van der Waals surface area (Å²) < 4.78 is 0. The van der Waals surface area contributed by atoms with Crippen molar-refractivity contribution in [1.82, 2.24) is 10.3 Å². The highest BCUT2D eigenvalue weighted by Crippen LogP contribution is 2.26. The molecule has 1 aromatic rings. The summed E-state index contributed by atoms with van der Waals surface area (Å²) in [6.07, 6.45) is 3.43. The summed E-state index contributed by atoms with van der Waals surface area (Å²) in [5.41, 5.74) is 0.806. The molecule has 0 spiro atoms. The van der Waals surface area contributed by atoms with Gasteiger partial charge in [0.1, 0.15) is 11.0 Å². The molecule has 92 valence electrons. The zero-order valence-electron chi connectivity index (χ0n) is 10.1. The molecule has 2 N–H and O–H groups in total. The maximum Gasteiger partial charge on any atom is 0.246 e. The summed E-state index contributed by atoms with van der Waals surface area (Å²) in [6.45, 7) is 7.99. The van der Waals surface area contributed by atoms with Crippen LogP contribution in [0.3, 0.4) is 0 Å².